The molecule has 3 aromatic rings. The highest BCUT2D eigenvalue weighted by Crippen LogP contribution is 2.40. The third-order valence-electron chi connectivity index (χ3n) is 6.07. The van der Waals surface area contributed by atoms with Crippen LogP contribution in [0.5, 0.6) is 0 Å². The Morgan fingerprint density at radius 1 is 1.00 bits per heavy atom. The van der Waals surface area contributed by atoms with Gasteiger partial charge in [0.1, 0.15) is 0 Å². The lowest BCUT2D eigenvalue weighted by atomic mass is 9.90. The molecule has 3 heteroatoms. The van der Waals surface area contributed by atoms with Crippen LogP contribution in [-0.2, 0) is 13.0 Å². The zero-order valence-electron chi connectivity index (χ0n) is 15.3. The van der Waals surface area contributed by atoms with Gasteiger partial charge in [-0.15, -0.1) is 0 Å². The second-order valence-electron chi connectivity index (χ2n) is 8.25. The van der Waals surface area contributed by atoms with Crippen molar-refractivity contribution in [3.63, 3.8) is 0 Å². The fourth-order valence-corrected chi connectivity index (χ4v) is 4.48. The molecule has 134 valence electrons. The SMILES string of the molecule is c1cc2[nH]ncc2cc1C[C@@H]1CCCN(Cc2ccc(C3CC3)cc2)C1. The summed E-state index contributed by atoms with van der Waals surface area (Å²) in [5.41, 5.74) is 5.59. The number of nitrogens with one attached hydrogen (secondary N) is 1. The number of fused-ring (bicyclic) bond motifs is 1. The van der Waals surface area contributed by atoms with Crippen LogP contribution in [0.1, 0.15) is 48.3 Å². The van der Waals surface area contributed by atoms with Gasteiger partial charge >= 0.3 is 0 Å². The van der Waals surface area contributed by atoms with Crippen LogP contribution in [0.3, 0.4) is 0 Å². The van der Waals surface area contributed by atoms with Gasteiger partial charge in [-0.1, -0.05) is 30.3 Å². The Bertz CT molecular complexity index is 876. The van der Waals surface area contributed by atoms with E-state index in [0.717, 1.165) is 23.9 Å². The summed E-state index contributed by atoms with van der Waals surface area (Å²) in [6.45, 7) is 3.55. The molecule has 1 N–H and O–H groups in total. The zero-order chi connectivity index (χ0) is 17.3. The first-order chi connectivity index (χ1) is 12.8. The molecule has 0 bridgehead atoms. The molecule has 2 aliphatic rings. The second kappa shape index (κ2) is 6.88. The van der Waals surface area contributed by atoms with Gasteiger partial charge in [0.2, 0.25) is 0 Å². The zero-order valence-corrected chi connectivity index (χ0v) is 15.3. The molecule has 0 unspecified atom stereocenters. The maximum atomic E-state index is 4.14. The molecule has 2 aromatic carbocycles. The molecule has 26 heavy (non-hydrogen) atoms. The van der Waals surface area contributed by atoms with Crippen molar-refractivity contribution in [2.24, 2.45) is 5.92 Å². The fourth-order valence-electron chi connectivity index (χ4n) is 4.48. The number of likely N-dealkylation sites (tertiary alicyclic amines) is 1. The Labute approximate surface area is 155 Å². The molecule has 1 aliphatic carbocycles. The van der Waals surface area contributed by atoms with Gasteiger partial charge in [-0.05, 0) is 79.3 Å². The molecular formula is C23H27N3. The molecule has 0 spiro atoms. The van der Waals surface area contributed by atoms with Crippen LogP contribution in [0.4, 0.5) is 0 Å². The van der Waals surface area contributed by atoms with E-state index in [-0.39, 0.29) is 0 Å². The third kappa shape index (κ3) is 3.54. The second-order valence-corrected chi connectivity index (χ2v) is 8.25. The first-order valence-electron chi connectivity index (χ1n) is 10.1. The minimum absolute atomic E-state index is 0.763. The minimum atomic E-state index is 0.763. The molecule has 3 nitrogen and oxygen atoms in total. The van der Waals surface area contributed by atoms with Crippen molar-refractivity contribution in [3.05, 3.63) is 65.4 Å². The largest absolute Gasteiger partial charge is 0.299 e. The molecule has 2 heterocycles. The van der Waals surface area contributed by atoms with Crippen molar-refractivity contribution < 1.29 is 0 Å². The van der Waals surface area contributed by atoms with Gasteiger partial charge in [-0.25, -0.2) is 0 Å². The van der Waals surface area contributed by atoms with Gasteiger partial charge in [0.15, 0.2) is 0 Å². The predicted octanol–water partition coefficient (Wildman–Crippen LogP) is 4.90. The number of hydrogen-bond acceptors (Lipinski definition) is 2. The normalized spacial score (nSPS) is 21.3. The fraction of sp³-hybridized carbons (Fsp3) is 0.435. The summed E-state index contributed by atoms with van der Waals surface area (Å²) in [5, 5.41) is 8.40. The van der Waals surface area contributed by atoms with Crippen LogP contribution < -0.4 is 0 Å². The number of rotatable bonds is 5. The van der Waals surface area contributed by atoms with E-state index < -0.39 is 0 Å². The van der Waals surface area contributed by atoms with Crippen molar-refractivity contribution in [2.75, 3.05) is 13.1 Å². The standard InChI is InChI=1S/C23H27N3/c1-2-19(12-18-5-10-23-22(13-18)14-24-25-23)16-26(11-1)15-17-3-6-20(7-4-17)21-8-9-21/h3-7,10,13-14,19,21H,1-2,8-9,11-12,15-16H2,(H,24,25)/t19-/m0/s1. The van der Waals surface area contributed by atoms with E-state index in [2.05, 4.69) is 57.6 Å². The number of benzene rings is 2. The summed E-state index contributed by atoms with van der Waals surface area (Å²) < 4.78 is 0. The lowest BCUT2D eigenvalue weighted by Crippen LogP contribution is -2.35. The maximum Gasteiger partial charge on any atom is 0.0650 e. The van der Waals surface area contributed by atoms with Gasteiger partial charge in [-0.2, -0.15) is 5.10 Å². The highest BCUT2D eigenvalue weighted by molar-refractivity contribution is 5.78. The molecule has 1 aromatic heterocycles. The Balaban J connectivity index is 1.21. The van der Waals surface area contributed by atoms with Crippen molar-refractivity contribution in [2.45, 2.75) is 44.6 Å². The predicted molar refractivity (Wildman–Crippen MR) is 106 cm³/mol. The maximum absolute atomic E-state index is 4.14. The van der Waals surface area contributed by atoms with Crippen LogP contribution in [0.25, 0.3) is 10.9 Å². The third-order valence-corrected chi connectivity index (χ3v) is 6.07. The molecule has 0 amide bonds. The minimum Gasteiger partial charge on any atom is -0.299 e. The Morgan fingerprint density at radius 3 is 2.69 bits per heavy atom. The average molecular weight is 345 g/mol. The topological polar surface area (TPSA) is 31.9 Å². The Hall–Kier alpha value is -2.13. The van der Waals surface area contributed by atoms with E-state index >= 15 is 0 Å². The number of piperidine rings is 1. The van der Waals surface area contributed by atoms with Crippen LogP contribution in [0.2, 0.25) is 0 Å². The first kappa shape index (κ1) is 16.1. The van der Waals surface area contributed by atoms with Gasteiger partial charge in [0.05, 0.1) is 11.7 Å². The quantitative estimate of drug-likeness (QED) is 0.713. The number of H-pyrrole nitrogens is 1. The molecule has 5 rings (SSSR count). The molecule has 2 fully saturated rings. The van der Waals surface area contributed by atoms with Crippen LogP contribution >= 0.6 is 0 Å². The molecule has 1 saturated heterocycles. The lowest BCUT2D eigenvalue weighted by molar-refractivity contribution is 0.167. The smallest absolute Gasteiger partial charge is 0.0650 e. The summed E-state index contributed by atoms with van der Waals surface area (Å²) in [6.07, 6.45) is 8.55. The highest BCUT2D eigenvalue weighted by atomic mass is 15.1. The van der Waals surface area contributed by atoms with Crippen LogP contribution in [-0.4, -0.2) is 28.2 Å². The Kier molecular flexibility index (Phi) is 4.25. The van der Waals surface area contributed by atoms with Crippen molar-refractivity contribution >= 4 is 10.9 Å². The first-order valence-corrected chi connectivity index (χ1v) is 10.1. The van der Waals surface area contributed by atoms with Crippen molar-refractivity contribution in [1.29, 1.82) is 0 Å². The number of nitrogens with zero attached hydrogens (tertiary/aromatic N) is 2. The lowest BCUT2D eigenvalue weighted by Gasteiger charge is -2.33. The summed E-state index contributed by atoms with van der Waals surface area (Å²) in [5.74, 6) is 1.62. The van der Waals surface area contributed by atoms with E-state index in [1.54, 1.807) is 5.56 Å². The van der Waals surface area contributed by atoms with Crippen LogP contribution in [0.15, 0.2) is 48.7 Å². The molecule has 0 radical (unpaired) electrons. The number of hydrogen-bond donors (Lipinski definition) is 1. The van der Waals surface area contributed by atoms with E-state index in [1.165, 1.54) is 61.7 Å². The van der Waals surface area contributed by atoms with Crippen molar-refractivity contribution in [3.8, 4) is 0 Å². The summed E-state index contributed by atoms with van der Waals surface area (Å²) >= 11 is 0. The van der Waals surface area contributed by atoms with Gasteiger partial charge in [-0.3, -0.25) is 10.00 Å². The summed E-state index contributed by atoms with van der Waals surface area (Å²) in [6, 6.07) is 16.1. The van der Waals surface area contributed by atoms with E-state index in [9.17, 15) is 0 Å². The van der Waals surface area contributed by atoms with Crippen molar-refractivity contribution in [1.82, 2.24) is 15.1 Å². The molecule has 1 saturated carbocycles. The van der Waals surface area contributed by atoms with Gasteiger partial charge in [0, 0.05) is 18.5 Å². The van der Waals surface area contributed by atoms with Crippen LogP contribution in [0, 0.1) is 5.92 Å². The summed E-state index contributed by atoms with van der Waals surface area (Å²) in [7, 11) is 0. The number of aromatic amines is 1. The summed E-state index contributed by atoms with van der Waals surface area (Å²) in [4.78, 5) is 2.65. The molecule has 1 atom stereocenters. The Morgan fingerprint density at radius 2 is 1.85 bits per heavy atom. The van der Waals surface area contributed by atoms with E-state index in [4.69, 9.17) is 0 Å². The highest BCUT2D eigenvalue weighted by Gasteiger charge is 2.23. The van der Waals surface area contributed by atoms with Gasteiger partial charge < -0.3 is 0 Å². The average Bonchev–Trinajstić information content (AvgIpc) is 3.40. The van der Waals surface area contributed by atoms with Gasteiger partial charge in [0.25, 0.3) is 0 Å². The van der Waals surface area contributed by atoms with E-state index in [1.807, 2.05) is 6.20 Å². The molecule has 1 aliphatic heterocycles. The monoisotopic (exact) mass is 345 g/mol. The molecular weight excluding hydrogens is 318 g/mol. The number of aromatic nitrogens is 2. The van der Waals surface area contributed by atoms with E-state index in [0.29, 0.717) is 0 Å².